The van der Waals surface area contributed by atoms with Crippen molar-refractivity contribution in [2.75, 3.05) is 19.5 Å². The number of benzene rings is 2. The van der Waals surface area contributed by atoms with Gasteiger partial charge in [-0.25, -0.2) is 0 Å². The lowest BCUT2D eigenvalue weighted by Gasteiger charge is -2.14. The van der Waals surface area contributed by atoms with Crippen molar-refractivity contribution in [3.63, 3.8) is 0 Å². The summed E-state index contributed by atoms with van der Waals surface area (Å²) in [4.78, 5) is 22.5. The van der Waals surface area contributed by atoms with Crippen molar-refractivity contribution >= 4 is 17.3 Å². The number of methoxy groups -OCH3 is 2. The Morgan fingerprint density at radius 1 is 1.12 bits per heavy atom. The molecule has 25 heavy (non-hydrogen) atoms. The van der Waals surface area contributed by atoms with E-state index >= 15 is 0 Å². The molecule has 0 aliphatic rings. The summed E-state index contributed by atoms with van der Waals surface area (Å²) in [5.41, 5.74) is 1.45. The quantitative estimate of drug-likeness (QED) is 0.614. The molecular weight excluding hydrogens is 324 g/mol. The van der Waals surface area contributed by atoms with E-state index in [1.807, 2.05) is 19.1 Å². The predicted molar refractivity (Wildman–Crippen MR) is 94.1 cm³/mol. The Bertz CT molecular complexity index is 759. The van der Waals surface area contributed by atoms with Crippen LogP contribution in [-0.2, 0) is 11.2 Å². The molecule has 0 spiro atoms. The van der Waals surface area contributed by atoms with E-state index in [-0.39, 0.29) is 17.5 Å². The highest BCUT2D eigenvalue weighted by atomic mass is 16.6. The van der Waals surface area contributed by atoms with Gasteiger partial charge < -0.3 is 14.8 Å². The van der Waals surface area contributed by atoms with Crippen LogP contribution in [0, 0.1) is 16.0 Å². The highest BCUT2D eigenvalue weighted by molar-refractivity contribution is 5.92. The first-order chi connectivity index (χ1) is 11.9. The number of hydrogen-bond acceptors (Lipinski definition) is 5. The van der Waals surface area contributed by atoms with Gasteiger partial charge in [0.15, 0.2) is 11.5 Å². The van der Waals surface area contributed by atoms with Gasteiger partial charge in [-0.3, -0.25) is 14.9 Å². The minimum Gasteiger partial charge on any atom is -0.493 e. The third kappa shape index (κ3) is 4.69. The molecule has 0 bridgehead atoms. The third-order valence-corrected chi connectivity index (χ3v) is 3.78. The van der Waals surface area contributed by atoms with Crippen molar-refractivity contribution in [3.05, 3.63) is 58.1 Å². The molecule has 132 valence electrons. The zero-order valence-electron chi connectivity index (χ0n) is 14.3. The first kappa shape index (κ1) is 18.3. The van der Waals surface area contributed by atoms with Crippen molar-refractivity contribution < 1.29 is 19.2 Å². The highest BCUT2D eigenvalue weighted by Gasteiger charge is 2.16. The SMILES string of the molecule is COc1ccc(CC(C)C(=O)Nc2ccc([N+](=O)[O-])cc2)cc1OC. The van der Waals surface area contributed by atoms with Crippen LogP contribution in [0.1, 0.15) is 12.5 Å². The van der Waals surface area contributed by atoms with Gasteiger partial charge in [-0.05, 0) is 36.2 Å². The number of nitrogens with one attached hydrogen (secondary N) is 1. The number of nitrogens with zero attached hydrogens (tertiary/aromatic N) is 1. The van der Waals surface area contributed by atoms with Crippen LogP contribution in [0.25, 0.3) is 0 Å². The fourth-order valence-corrected chi connectivity index (χ4v) is 2.39. The molecule has 1 unspecified atom stereocenters. The maximum atomic E-state index is 12.3. The Morgan fingerprint density at radius 3 is 2.32 bits per heavy atom. The van der Waals surface area contributed by atoms with Crippen LogP contribution in [0.15, 0.2) is 42.5 Å². The maximum absolute atomic E-state index is 12.3. The summed E-state index contributed by atoms with van der Waals surface area (Å²) in [7, 11) is 3.13. The summed E-state index contributed by atoms with van der Waals surface area (Å²) in [5.74, 6) is 0.800. The highest BCUT2D eigenvalue weighted by Crippen LogP contribution is 2.28. The normalized spacial score (nSPS) is 11.5. The fraction of sp³-hybridized carbons (Fsp3) is 0.278. The van der Waals surface area contributed by atoms with Gasteiger partial charge >= 0.3 is 0 Å². The van der Waals surface area contributed by atoms with E-state index in [0.29, 0.717) is 23.6 Å². The lowest BCUT2D eigenvalue weighted by molar-refractivity contribution is -0.384. The standard InChI is InChI=1S/C18H20N2O5/c1-12(10-13-4-9-16(24-2)17(11-13)25-3)18(21)19-14-5-7-15(8-6-14)20(22)23/h4-9,11-12H,10H2,1-3H3,(H,19,21). The van der Waals surface area contributed by atoms with Crippen LogP contribution < -0.4 is 14.8 Å². The predicted octanol–water partition coefficient (Wildman–Crippen LogP) is 3.43. The van der Waals surface area contributed by atoms with Gasteiger partial charge in [-0.2, -0.15) is 0 Å². The van der Waals surface area contributed by atoms with E-state index < -0.39 is 4.92 Å². The molecule has 2 aromatic rings. The number of carbonyl (C=O) groups is 1. The summed E-state index contributed by atoms with van der Waals surface area (Å²) >= 11 is 0. The van der Waals surface area contributed by atoms with E-state index in [1.165, 1.54) is 24.3 Å². The topological polar surface area (TPSA) is 90.7 Å². The molecule has 0 heterocycles. The average molecular weight is 344 g/mol. The van der Waals surface area contributed by atoms with Crippen LogP contribution in [0.5, 0.6) is 11.5 Å². The molecule has 7 nitrogen and oxygen atoms in total. The number of non-ortho nitro benzene ring substituents is 1. The molecule has 0 radical (unpaired) electrons. The molecule has 1 amide bonds. The van der Waals surface area contributed by atoms with Crippen molar-refractivity contribution in [1.82, 2.24) is 0 Å². The number of anilines is 1. The number of hydrogen-bond donors (Lipinski definition) is 1. The lowest BCUT2D eigenvalue weighted by atomic mass is 10.00. The van der Waals surface area contributed by atoms with Gasteiger partial charge in [0.1, 0.15) is 0 Å². The van der Waals surface area contributed by atoms with Gasteiger partial charge in [0, 0.05) is 23.7 Å². The molecule has 0 fully saturated rings. The number of nitro groups is 1. The summed E-state index contributed by atoms with van der Waals surface area (Å²) in [6, 6.07) is 11.3. The molecule has 1 atom stereocenters. The number of amides is 1. The molecule has 0 aromatic heterocycles. The van der Waals surface area contributed by atoms with Crippen molar-refractivity contribution in [3.8, 4) is 11.5 Å². The molecule has 0 saturated carbocycles. The van der Waals surface area contributed by atoms with E-state index in [1.54, 1.807) is 20.3 Å². The molecule has 0 saturated heterocycles. The summed E-state index contributed by atoms with van der Waals surface area (Å²) < 4.78 is 10.5. The number of ether oxygens (including phenoxy) is 2. The van der Waals surface area contributed by atoms with Crippen molar-refractivity contribution in [2.24, 2.45) is 5.92 Å². The lowest BCUT2D eigenvalue weighted by Crippen LogP contribution is -2.22. The van der Waals surface area contributed by atoms with Crippen LogP contribution in [-0.4, -0.2) is 25.1 Å². The summed E-state index contributed by atoms with van der Waals surface area (Å²) in [5, 5.41) is 13.4. The summed E-state index contributed by atoms with van der Waals surface area (Å²) in [6.45, 7) is 1.82. The molecule has 2 aromatic carbocycles. The van der Waals surface area contributed by atoms with E-state index in [4.69, 9.17) is 9.47 Å². The Hall–Kier alpha value is -3.09. The van der Waals surface area contributed by atoms with Gasteiger partial charge in [0.2, 0.25) is 5.91 Å². The van der Waals surface area contributed by atoms with Gasteiger partial charge in [-0.1, -0.05) is 13.0 Å². The number of nitro benzene ring substituents is 1. The maximum Gasteiger partial charge on any atom is 0.269 e. The first-order valence-electron chi connectivity index (χ1n) is 7.70. The molecule has 0 aliphatic carbocycles. The molecular formula is C18H20N2O5. The minimum absolute atomic E-state index is 0.0172. The first-order valence-corrected chi connectivity index (χ1v) is 7.70. The smallest absolute Gasteiger partial charge is 0.269 e. The molecule has 1 N–H and O–H groups in total. The van der Waals surface area contributed by atoms with Crippen LogP contribution >= 0.6 is 0 Å². The summed E-state index contributed by atoms with van der Waals surface area (Å²) in [6.07, 6.45) is 0.527. The van der Waals surface area contributed by atoms with Crippen molar-refractivity contribution in [2.45, 2.75) is 13.3 Å². The van der Waals surface area contributed by atoms with Crippen LogP contribution in [0.3, 0.4) is 0 Å². The second-order valence-corrected chi connectivity index (χ2v) is 5.59. The molecule has 2 rings (SSSR count). The Balaban J connectivity index is 2.01. The van der Waals surface area contributed by atoms with Gasteiger partial charge in [0.05, 0.1) is 19.1 Å². The second-order valence-electron chi connectivity index (χ2n) is 5.59. The zero-order valence-corrected chi connectivity index (χ0v) is 14.3. The average Bonchev–Trinajstić information content (AvgIpc) is 2.61. The largest absolute Gasteiger partial charge is 0.493 e. The van der Waals surface area contributed by atoms with Crippen molar-refractivity contribution in [1.29, 1.82) is 0 Å². The van der Waals surface area contributed by atoms with Gasteiger partial charge in [0.25, 0.3) is 5.69 Å². The monoisotopic (exact) mass is 344 g/mol. The number of rotatable bonds is 7. The third-order valence-electron chi connectivity index (χ3n) is 3.78. The second kappa shape index (κ2) is 8.14. The van der Waals surface area contributed by atoms with Gasteiger partial charge in [-0.15, -0.1) is 0 Å². The van der Waals surface area contributed by atoms with Crippen LogP contribution in [0.2, 0.25) is 0 Å². The van der Waals surface area contributed by atoms with Crippen LogP contribution in [0.4, 0.5) is 11.4 Å². The zero-order chi connectivity index (χ0) is 18.4. The van der Waals surface area contributed by atoms with E-state index in [9.17, 15) is 14.9 Å². The number of carbonyl (C=O) groups excluding carboxylic acids is 1. The minimum atomic E-state index is -0.481. The Morgan fingerprint density at radius 2 is 1.76 bits per heavy atom. The van der Waals surface area contributed by atoms with E-state index in [2.05, 4.69) is 5.32 Å². The fourth-order valence-electron chi connectivity index (χ4n) is 2.39. The van der Waals surface area contributed by atoms with E-state index in [0.717, 1.165) is 5.56 Å². The molecule has 7 heteroatoms. The molecule has 0 aliphatic heterocycles. The Labute approximate surface area is 145 Å². The Kier molecular flexibility index (Phi) is 5.94.